The molecule has 20 heavy (non-hydrogen) atoms. The van der Waals surface area contributed by atoms with Crippen molar-refractivity contribution < 1.29 is 4.52 Å². The molecule has 0 aliphatic carbocycles. The first-order valence-electron chi connectivity index (χ1n) is 6.16. The molecule has 8 heteroatoms. The average Bonchev–Trinajstić information content (AvgIpc) is 3.20. The summed E-state index contributed by atoms with van der Waals surface area (Å²) >= 11 is 4.95. The van der Waals surface area contributed by atoms with E-state index in [1.807, 2.05) is 28.4 Å². The number of thiophene rings is 1. The lowest BCUT2D eigenvalue weighted by Crippen LogP contribution is -2.00. The van der Waals surface area contributed by atoms with Gasteiger partial charge < -0.3 is 4.52 Å². The minimum atomic E-state index is 0.661. The van der Waals surface area contributed by atoms with Crippen LogP contribution in [0.15, 0.2) is 28.2 Å². The SMILES string of the molecule is BrCc1cn(CCCc2nc(-c3cccs3)no2)nn1. The molecule has 0 N–H and O–H groups in total. The highest BCUT2D eigenvalue weighted by atomic mass is 79.9. The van der Waals surface area contributed by atoms with Gasteiger partial charge in [0.25, 0.3) is 0 Å². The van der Waals surface area contributed by atoms with Crippen LogP contribution in [0.1, 0.15) is 18.0 Å². The van der Waals surface area contributed by atoms with E-state index in [1.54, 1.807) is 11.3 Å². The van der Waals surface area contributed by atoms with Gasteiger partial charge in [0.15, 0.2) is 0 Å². The summed E-state index contributed by atoms with van der Waals surface area (Å²) in [7, 11) is 0. The zero-order valence-electron chi connectivity index (χ0n) is 10.6. The Kier molecular flexibility index (Phi) is 4.22. The predicted octanol–water partition coefficient (Wildman–Crippen LogP) is 2.92. The Balaban J connectivity index is 1.54. The molecule has 104 valence electrons. The number of halogens is 1. The summed E-state index contributed by atoms with van der Waals surface area (Å²) in [6, 6.07) is 3.96. The summed E-state index contributed by atoms with van der Waals surface area (Å²) in [4.78, 5) is 5.41. The van der Waals surface area contributed by atoms with Gasteiger partial charge >= 0.3 is 0 Å². The van der Waals surface area contributed by atoms with Crippen molar-refractivity contribution in [3.63, 3.8) is 0 Å². The molecule has 3 heterocycles. The number of alkyl halides is 1. The smallest absolute Gasteiger partial charge is 0.227 e. The average molecular weight is 354 g/mol. The first kappa shape index (κ1) is 13.4. The molecule has 3 rings (SSSR count). The van der Waals surface area contributed by atoms with E-state index in [1.165, 1.54) is 0 Å². The van der Waals surface area contributed by atoms with Crippen LogP contribution in [0.25, 0.3) is 10.7 Å². The van der Waals surface area contributed by atoms with Crippen molar-refractivity contribution >= 4 is 27.3 Å². The highest BCUT2D eigenvalue weighted by Gasteiger charge is 2.09. The minimum Gasteiger partial charge on any atom is -0.339 e. The second-order valence-corrected chi connectivity index (χ2v) is 5.71. The standard InChI is InChI=1S/C12H12BrN5OS/c13-7-9-8-18(17-15-9)5-1-4-11-14-12(16-19-11)10-3-2-6-20-10/h2-3,6,8H,1,4-5,7H2. The predicted molar refractivity (Wildman–Crippen MR) is 78.6 cm³/mol. The molecule has 0 bridgehead atoms. The summed E-state index contributed by atoms with van der Waals surface area (Å²) in [6.45, 7) is 0.788. The molecule has 3 aromatic rings. The van der Waals surface area contributed by atoms with Gasteiger partial charge in [-0.05, 0) is 17.9 Å². The lowest BCUT2D eigenvalue weighted by atomic mass is 10.3. The maximum absolute atomic E-state index is 5.25. The van der Waals surface area contributed by atoms with Gasteiger partial charge in [0, 0.05) is 24.5 Å². The molecular formula is C12H12BrN5OS. The summed E-state index contributed by atoms with van der Waals surface area (Å²) in [5.41, 5.74) is 0.933. The zero-order valence-corrected chi connectivity index (χ0v) is 13.0. The van der Waals surface area contributed by atoms with Crippen molar-refractivity contribution in [2.45, 2.75) is 24.7 Å². The van der Waals surface area contributed by atoms with Crippen molar-refractivity contribution in [1.29, 1.82) is 0 Å². The second-order valence-electron chi connectivity index (χ2n) is 4.20. The fourth-order valence-corrected chi connectivity index (χ4v) is 2.67. The molecule has 0 spiro atoms. The van der Waals surface area contributed by atoms with Crippen LogP contribution in [0.3, 0.4) is 0 Å². The van der Waals surface area contributed by atoms with Crippen LogP contribution in [-0.4, -0.2) is 25.1 Å². The molecule has 0 saturated carbocycles. The number of aryl methyl sites for hydroxylation is 2. The van der Waals surface area contributed by atoms with Crippen molar-refractivity contribution in [3.05, 3.63) is 35.3 Å². The van der Waals surface area contributed by atoms with Gasteiger partial charge in [-0.3, -0.25) is 4.68 Å². The third-order valence-corrected chi connectivity index (χ3v) is 4.15. The van der Waals surface area contributed by atoms with E-state index in [9.17, 15) is 0 Å². The Hall–Kier alpha value is -1.54. The van der Waals surface area contributed by atoms with Crippen LogP contribution in [-0.2, 0) is 18.3 Å². The van der Waals surface area contributed by atoms with Gasteiger partial charge in [0.1, 0.15) is 0 Å². The molecule has 0 atom stereocenters. The monoisotopic (exact) mass is 353 g/mol. The van der Waals surface area contributed by atoms with Gasteiger partial charge in [0.2, 0.25) is 11.7 Å². The van der Waals surface area contributed by atoms with E-state index in [0.717, 1.165) is 35.3 Å². The van der Waals surface area contributed by atoms with Gasteiger partial charge in [0.05, 0.1) is 10.6 Å². The number of rotatable bonds is 6. The molecule has 0 aromatic carbocycles. The van der Waals surface area contributed by atoms with Gasteiger partial charge in [-0.25, -0.2) is 0 Å². The third-order valence-electron chi connectivity index (χ3n) is 2.71. The van der Waals surface area contributed by atoms with E-state index >= 15 is 0 Å². The maximum atomic E-state index is 5.25. The largest absolute Gasteiger partial charge is 0.339 e. The van der Waals surface area contributed by atoms with Crippen LogP contribution in [0, 0.1) is 0 Å². The number of aromatic nitrogens is 5. The van der Waals surface area contributed by atoms with E-state index in [2.05, 4.69) is 36.4 Å². The maximum Gasteiger partial charge on any atom is 0.227 e. The van der Waals surface area contributed by atoms with Crippen LogP contribution in [0.4, 0.5) is 0 Å². The lowest BCUT2D eigenvalue weighted by Gasteiger charge is -1.96. The summed E-state index contributed by atoms with van der Waals surface area (Å²) in [5.74, 6) is 1.33. The third kappa shape index (κ3) is 3.13. The summed E-state index contributed by atoms with van der Waals surface area (Å²) in [6.07, 6.45) is 3.55. The van der Waals surface area contributed by atoms with Crippen LogP contribution < -0.4 is 0 Å². The zero-order chi connectivity index (χ0) is 13.8. The Bertz CT molecular complexity index is 663. The molecule has 0 amide bonds. The van der Waals surface area contributed by atoms with Gasteiger partial charge in [-0.15, -0.1) is 16.4 Å². The molecule has 0 radical (unpaired) electrons. The molecular weight excluding hydrogens is 342 g/mol. The highest BCUT2D eigenvalue weighted by molar-refractivity contribution is 9.08. The van der Waals surface area contributed by atoms with E-state index in [4.69, 9.17) is 4.52 Å². The van der Waals surface area contributed by atoms with Gasteiger partial charge in [-0.1, -0.05) is 32.4 Å². The molecule has 0 aliphatic heterocycles. The fraction of sp³-hybridized carbons (Fsp3) is 0.333. The van der Waals surface area contributed by atoms with Crippen molar-refractivity contribution in [2.75, 3.05) is 0 Å². The molecule has 0 fully saturated rings. The van der Waals surface area contributed by atoms with Gasteiger partial charge in [-0.2, -0.15) is 4.98 Å². The first-order valence-corrected chi connectivity index (χ1v) is 8.16. The van der Waals surface area contributed by atoms with Crippen LogP contribution >= 0.6 is 27.3 Å². The van der Waals surface area contributed by atoms with Crippen molar-refractivity contribution in [1.82, 2.24) is 25.1 Å². The van der Waals surface area contributed by atoms with E-state index in [-0.39, 0.29) is 0 Å². The van der Waals surface area contributed by atoms with Crippen LogP contribution in [0.2, 0.25) is 0 Å². The number of nitrogens with zero attached hydrogens (tertiary/aromatic N) is 5. The fourth-order valence-electron chi connectivity index (χ4n) is 1.76. The van der Waals surface area contributed by atoms with Crippen LogP contribution in [0.5, 0.6) is 0 Å². The summed E-state index contributed by atoms with van der Waals surface area (Å²) in [5, 5.41) is 14.8. The second kappa shape index (κ2) is 6.27. The van der Waals surface area contributed by atoms with Crippen molar-refractivity contribution in [2.24, 2.45) is 0 Å². The summed E-state index contributed by atoms with van der Waals surface area (Å²) < 4.78 is 7.07. The quantitative estimate of drug-likeness (QED) is 0.637. The molecule has 0 unspecified atom stereocenters. The van der Waals surface area contributed by atoms with E-state index < -0.39 is 0 Å². The molecule has 0 aliphatic rings. The molecule has 6 nitrogen and oxygen atoms in total. The lowest BCUT2D eigenvalue weighted by molar-refractivity contribution is 0.371. The normalized spacial score (nSPS) is 11.1. The topological polar surface area (TPSA) is 69.6 Å². The molecule has 0 saturated heterocycles. The van der Waals surface area contributed by atoms with Crippen molar-refractivity contribution in [3.8, 4) is 10.7 Å². The minimum absolute atomic E-state index is 0.661. The Morgan fingerprint density at radius 3 is 3.10 bits per heavy atom. The Morgan fingerprint density at radius 2 is 2.35 bits per heavy atom. The highest BCUT2D eigenvalue weighted by Crippen LogP contribution is 2.21. The van der Waals surface area contributed by atoms with E-state index in [0.29, 0.717) is 11.7 Å². The Morgan fingerprint density at radius 1 is 1.40 bits per heavy atom. The molecule has 3 aromatic heterocycles. The first-order chi connectivity index (χ1) is 9.85. The Labute approximate surface area is 127 Å². The number of hydrogen-bond donors (Lipinski definition) is 0. The number of hydrogen-bond acceptors (Lipinski definition) is 6.